The lowest BCUT2D eigenvalue weighted by molar-refractivity contribution is 0.0702. The first kappa shape index (κ1) is 14.4. The first-order chi connectivity index (χ1) is 8.87. The molecule has 8 heteroatoms. The van der Waals surface area contributed by atoms with Crippen LogP contribution in [0.15, 0.2) is 11.0 Å². The van der Waals surface area contributed by atoms with Crippen LogP contribution in [0.3, 0.4) is 0 Å². The van der Waals surface area contributed by atoms with Gasteiger partial charge < -0.3 is 10.2 Å². The highest BCUT2D eigenvalue weighted by Crippen LogP contribution is 2.32. The van der Waals surface area contributed by atoms with Crippen molar-refractivity contribution in [1.29, 1.82) is 0 Å². The molecule has 19 heavy (non-hydrogen) atoms. The summed E-state index contributed by atoms with van der Waals surface area (Å²) in [6.45, 7) is 1.74. The van der Waals surface area contributed by atoms with Crippen molar-refractivity contribution in [2.75, 3.05) is 13.2 Å². The van der Waals surface area contributed by atoms with Crippen molar-refractivity contribution in [2.45, 2.75) is 30.7 Å². The average Bonchev–Trinajstić information content (AvgIpc) is 2.94. The predicted octanol–water partition coefficient (Wildman–Crippen LogP) is 0.900. The maximum atomic E-state index is 12.5. The lowest BCUT2D eigenvalue weighted by Crippen LogP contribution is -2.37. The fourth-order valence-corrected chi connectivity index (χ4v) is 5.35. The van der Waals surface area contributed by atoms with Crippen molar-refractivity contribution >= 4 is 27.3 Å². The van der Waals surface area contributed by atoms with E-state index in [1.54, 1.807) is 6.92 Å². The maximum Gasteiger partial charge on any atom is 0.345 e. The molecule has 1 aliphatic heterocycles. The molecule has 1 atom stereocenters. The standard InChI is InChI=1S/C11H15NO5S2/c1-7-10(5-9(18-7)11(14)15)19(16,17)12-4-2-3-8(12)6-13/h5,8,13H,2-4,6H2,1H3,(H,14,15)/t8-/m1/s1. The third kappa shape index (κ3) is 2.53. The van der Waals surface area contributed by atoms with Gasteiger partial charge in [0.2, 0.25) is 10.0 Å². The van der Waals surface area contributed by atoms with Gasteiger partial charge in [-0.25, -0.2) is 13.2 Å². The third-order valence-electron chi connectivity index (χ3n) is 3.20. The van der Waals surface area contributed by atoms with Gasteiger partial charge in [0.05, 0.1) is 11.5 Å². The zero-order valence-corrected chi connectivity index (χ0v) is 12.0. The second kappa shape index (κ2) is 5.20. The zero-order valence-electron chi connectivity index (χ0n) is 10.4. The normalized spacial score (nSPS) is 20.8. The van der Waals surface area contributed by atoms with Crippen molar-refractivity contribution in [3.05, 3.63) is 15.8 Å². The molecule has 1 aromatic heterocycles. The summed E-state index contributed by atoms with van der Waals surface area (Å²) in [7, 11) is -3.72. The van der Waals surface area contributed by atoms with Gasteiger partial charge in [-0.1, -0.05) is 0 Å². The van der Waals surface area contributed by atoms with Crippen molar-refractivity contribution in [2.24, 2.45) is 0 Å². The van der Waals surface area contributed by atoms with Gasteiger partial charge in [0.15, 0.2) is 0 Å². The number of aliphatic hydroxyl groups excluding tert-OH is 1. The monoisotopic (exact) mass is 305 g/mol. The summed E-state index contributed by atoms with van der Waals surface area (Å²) in [5.41, 5.74) is 0. The minimum Gasteiger partial charge on any atom is -0.477 e. The van der Waals surface area contributed by atoms with Gasteiger partial charge in [-0.2, -0.15) is 4.31 Å². The Morgan fingerprint density at radius 1 is 1.58 bits per heavy atom. The van der Waals surface area contributed by atoms with Crippen LogP contribution in [0.5, 0.6) is 0 Å². The lowest BCUT2D eigenvalue weighted by Gasteiger charge is -2.22. The quantitative estimate of drug-likeness (QED) is 0.862. The molecule has 2 N–H and O–H groups in total. The molecular weight excluding hydrogens is 290 g/mol. The van der Waals surface area contributed by atoms with Gasteiger partial charge in [-0.3, -0.25) is 0 Å². The van der Waals surface area contributed by atoms with E-state index < -0.39 is 22.0 Å². The third-order valence-corrected chi connectivity index (χ3v) is 6.45. The van der Waals surface area contributed by atoms with Gasteiger partial charge in [0, 0.05) is 17.5 Å². The highest BCUT2D eigenvalue weighted by atomic mass is 32.2. The molecule has 0 aromatic carbocycles. The Labute approximate surface area is 115 Å². The van der Waals surface area contributed by atoms with Crippen LogP contribution in [0.1, 0.15) is 27.4 Å². The molecule has 2 heterocycles. The number of aryl methyl sites for hydroxylation is 1. The Hall–Kier alpha value is -0.960. The molecule has 0 saturated carbocycles. The zero-order chi connectivity index (χ0) is 14.2. The summed E-state index contributed by atoms with van der Waals surface area (Å²) >= 11 is 0.949. The van der Waals surface area contributed by atoms with Crippen LogP contribution >= 0.6 is 11.3 Å². The molecule has 106 valence electrons. The topological polar surface area (TPSA) is 94.9 Å². The molecule has 0 spiro atoms. The van der Waals surface area contributed by atoms with Crippen molar-refractivity contribution in [3.8, 4) is 0 Å². The largest absolute Gasteiger partial charge is 0.477 e. The van der Waals surface area contributed by atoms with Crippen LogP contribution in [0.4, 0.5) is 0 Å². The SMILES string of the molecule is Cc1sc(C(=O)O)cc1S(=O)(=O)N1CCC[C@@H]1CO. The smallest absolute Gasteiger partial charge is 0.345 e. The number of aromatic carboxylic acids is 1. The van der Waals surface area contributed by atoms with E-state index in [1.165, 1.54) is 10.4 Å². The summed E-state index contributed by atoms with van der Waals surface area (Å²) < 4.78 is 26.2. The first-order valence-corrected chi connectivity index (χ1v) is 8.10. The van der Waals surface area contributed by atoms with E-state index in [-0.39, 0.29) is 16.4 Å². The maximum absolute atomic E-state index is 12.5. The number of carboxylic acids is 1. The van der Waals surface area contributed by atoms with Crippen LogP contribution in [-0.4, -0.2) is 48.1 Å². The van der Waals surface area contributed by atoms with Crippen LogP contribution in [0, 0.1) is 6.92 Å². The van der Waals surface area contributed by atoms with Crippen molar-refractivity contribution in [3.63, 3.8) is 0 Å². The molecule has 0 radical (unpaired) electrons. The van der Waals surface area contributed by atoms with E-state index in [2.05, 4.69) is 0 Å². The fourth-order valence-electron chi connectivity index (χ4n) is 2.26. The molecule has 2 rings (SSSR count). The predicted molar refractivity (Wildman–Crippen MR) is 70.0 cm³/mol. The molecule has 0 aliphatic carbocycles. The summed E-state index contributed by atoms with van der Waals surface area (Å²) in [6, 6.07) is 0.794. The lowest BCUT2D eigenvalue weighted by atomic mass is 10.2. The Balaban J connectivity index is 2.42. The Morgan fingerprint density at radius 2 is 2.26 bits per heavy atom. The van der Waals surface area contributed by atoms with E-state index >= 15 is 0 Å². The number of carboxylic acid groups (broad SMARTS) is 1. The van der Waals surface area contributed by atoms with Crippen LogP contribution in [0.2, 0.25) is 0 Å². The van der Waals surface area contributed by atoms with Crippen LogP contribution in [-0.2, 0) is 10.0 Å². The van der Waals surface area contributed by atoms with Gasteiger partial charge >= 0.3 is 5.97 Å². The number of rotatable bonds is 4. The van der Waals surface area contributed by atoms with E-state index in [4.69, 9.17) is 5.11 Å². The number of hydrogen-bond donors (Lipinski definition) is 2. The molecule has 1 aliphatic rings. The summed E-state index contributed by atoms with van der Waals surface area (Å²) in [5, 5.41) is 18.1. The average molecular weight is 305 g/mol. The molecule has 1 fully saturated rings. The second-order valence-electron chi connectivity index (χ2n) is 4.43. The molecule has 0 bridgehead atoms. The molecular formula is C11H15NO5S2. The van der Waals surface area contributed by atoms with Crippen molar-refractivity contribution < 1.29 is 23.4 Å². The number of sulfonamides is 1. The highest BCUT2D eigenvalue weighted by Gasteiger charge is 2.36. The van der Waals surface area contributed by atoms with Gasteiger partial charge in [0.25, 0.3) is 0 Å². The Morgan fingerprint density at radius 3 is 2.79 bits per heavy atom. The summed E-state index contributed by atoms with van der Waals surface area (Å²) in [5.74, 6) is -1.13. The summed E-state index contributed by atoms with van der Waals surface area (Å²) in [4.78, 5) is 11.4. The first-order valence-electron chi connectivity index (χ1n) is 5.84. The molecule has 1 aromatic rings. The second-order valence-corrected chi connectivity index (χ2v) is 7.55. The van der Waals surface area contributed by atoms with E-state index in [0.29, 0.717) is 24.3 Å². The highest BCUT2D eigenvalue weighted by molar-refractivity contribution is 7.89. The number of carbonyl (C=O) groups is 1. The minimum atomic E-state index is -3.72. The minimum absolute atomic E-state index is 0.0100. The van der Waals surface area contributed by atoms with Gasteiger partial charge in [-0.05, 0) is 25.8 Å². The number of nitrogens with zero attached hydrogens (tertiary/aromatic N) is 1. The van der Waals surface area contributed by atoms with E-state index in [1.807, 2.05) is 0 Å². The summed E-state index contributed by atoms with van der Waals surface area (Å²) in [6.07, 6.45) is 1.34. The molecule has 1 saturated heterocycles. The Kier molecular flexibility index (Phi) is 3.95. The Bertz CT molecular complexity index is 592. The van der Waals surface area contributed by atoms with E-state index in [9.17, 15) is 18.3 Å². The molecule has 0 unspecified atom stereocenters. The number of aliphatic hydroxyl groups is 1. The van der Waals surface area contributed by atoms with Gasteiger partial charge in [0.1, 0.15) is 4.88 Å². The number of hydrogen-bond acceptors (Lipinski definition) is 5. The number of thiophene rings is 1. The van der Waals surface area contributed by atoms with Crippen LogP contribution < -0.4 is 0 Å². The van der Waals surface area contributed by atoms with E-state index in [0.717, 1.165) is 11.3 Å². The fraction of sp³-hybridized carbons (Fsp3) is 0.545. The molecule has 0 amide bonds. The van der Waals surface area contributed by atoms with Gasteiger partial charge in [-0.15, -0.1) is 11.3 Å². The van der Waals surface area contributed by atoms with Crippen molar-refractivity contribution in [1.82, 2.24) is 4.31 Å². The molecule has 6 nitrogen and oxygen atoms in total. The van der Waals surface area contributed by atoms with Crippen LogP contribution in [0.25, 0.3) is 0 Å².